The van der Waals surface area contributed by atoms with Gasteiger partial charge in [-0.3, -0.25) is 14.4 Å². The van der Waals surface area contributed by atoms with Gasteiger partial charge >= 0.3 is 5.97 Å². The topological polar surface area (TPSA) is 149 Å². The van der Waals surface area contributed by atoms with Crippen molar-refractivity contribution in [1.29, 1.82) is 0 Å². The molecule has 0 aromatic heterocycles. The zero-order valence-electron chi connectivity index (χ0n) is 38.1. The average molecular weight is 1000 g/mol. The lowest BCUT2D eigenvalue weighted by atomic mass is 10.0. The van der Waals surface area contributed by atoms with Gasteiger partial charge in [-0.2, -0.15) is 0 Å². The fourth-order valence-electron chi connectivity index (χ4n) is 6.42. The Hall–Kier alpha value is -6.24. The van der Waals surface area contributed by atoms with E-state index in [0.717, 1.165) is 16.7 Å². The maximum atomic E-state index is 12.6. The summed E-state index contributed by atoms with van der Waals surface area (Å²) in [5.74, 6) is -1.46. The number of ether oxygens (including phenoxy) is 4. The largest absolute Gasteiger partial charge is 0.485 e. The zero-order valence-corrected chi connectivity index (χ0v) is 41.1. The van der Waals surface area contributed by atoms with Crippen molar-refractivity contribution >= 4 is 70.0 Å². The smallest absolute Gasteiger partial charge is 0.331 e. The summed E-state index contributed by atoms with van der Waals surface area (Å²) in [6, 6.07) is 37.1. The molecule has 0 spiro atoms. The van der Waals surface area contributed by atoms with Gasteiger partial charge in [-0.25, -0.2) is 4.79 Å². The van der Waals surface area contributed by atoms with Crippen LogP contribution in [-0.4, -0.2) is 28.7 Å². The molecule has 6 aromatic rings. The number of halogens is 4. The Morgan fingerprint density at radius 2 is 0.765 bits per heavy atom. The molecule has 0 saturated carbocycles. The van der Waals surface area contributed by atoms with Gasteiger partial charge in [0.2, 0.25) is 11.8 Å². The average Bonchev–Trinajstić information content (AvgIpc) is 3.31. The predicted molar refractivity (Wildman–Crippen MR) is 266 cm³/mol. The fourth-order valence-corrected chi connectivity index (χ4v) is 7.18. The van der Waals surface area contributed by atoms with Crippen LogP contribution in [0.3, 0.4) is 0 Å². The first-order valence-corrected chi connectivity index (χ1v) is 23.1. The van der Waals surface area contributed by atoms with E-state index >= 15 is 0 Å². The van der Waals surface area contributed by atoms with E-state index in [1.54, 1.807) is 94.4 Å². The van der Waals surface area contributed by atoms with Gasteiger partial charge in [-0.05, 0) is 43.3 Å². The summed E-state index contributed by atoms with van der Waals surface area (Å²) in [6.07, 6.45) is 0. The molecular formula is C53H52Cl4N2O9. The van der Waals surface area contributed by atoms with Crippen LogP contribution in [0.15, 0.2) is 133 Å². The number of amides is 2. The van der Waals surface area contributed by atoms with Crippen LogP contribution in [0, 0.1) is 11.8 Å². The number of para-hydroxylation sites is 2. The summed E-state index contributed by atoms with van der Waals surface area (Å²) in [5, 5.41) is 17.5. The SMILES string of the molecule is CC(=O)C(NC(=O)C(C)C)c1cccc(OCc2ccccc2Cl)c1OCc1ccccc1Cl.CC(C)C(=O)NC(C(=O)O)c1cccc(OCc2ccccc2Cl)c1OCc1ccccc1Cl. The van der Waals surface area contributed by atoms with Gasteiger partial charge in [-0.15, -0.1) is 0 Å². The third-order valence-electron chi connectivity index (χ3n) is 10.3. The summed E-state index contributed by atoms with van der Waals surface area (Å²) >= 11 is 25.1. The molecule has 0 heterocycles. The van der Waals surface area contributed by atoms with Crippen molar-refractivity contribution in [1.82, 2.24) is 10.6 Å². The fraction of sp³-hybridized carbons (Fsp3) is 0.245. The van der Waals surface area contributed by atoms with E-state index in [4.69, 9.17) is 65.4 Å². The molecule has 6 rings (SSSR count). The molecule has 11 nitrogen and oxygen atoms in total. The van der Waals surface area contributed by atoms with E-state index in [-0.39, 0.29) is 55.3 Å². The van der Waals surface area contributed by atoms with Crippen LogP contribution in [-0.2, 0) is 45.6 Å². The normalized spacial score (nSPS) is 11.7. The van der Waals surface area contributed by atoms with E-state index in [9.17, 15) is 24.3 Å². The van der Waals surface area contributed by atoms with Gasteiger partial charge in [0.05, 0.1) is 0 Å². The molecule has 15 heteroatoms. The van der Waals surface area contributed by atoms with E-state index in [0.29, 0.717) is 48.5 Å². The van der Waals surface area contributed by atoms with Crippen molar-refractivity contribution in [3.05, 3.63) is 187 Å². The van der Waals surface area contributed by atoms with Crippen molar-refractivity contribution < 1.29 is 43.2 Å². The van der Waals surface area contributed by atoms with Gasteiger partial charge in [-0.1, -0.05) is 171 Å². The number of benzene rings is 6. The number of carbonyl (C=O) groups is 4. The Balaban J connectivity index is 0.000000254. The van der Waals surface area contributed by atoms with Crippen molar-refractivity contribution in [2.24, 2.45) is 11.8 Å². The standard InChI is InChI=1S/C27H27Cl2NO4.C26H25Cl2NO5/c1-17(2)27(32)30-25(18(3)31)21-11-8-14-24(33-15-19-9-4-6-12-22(19)28)26(21)34-16-20-10-5-7-13-23(20)29;1-16(2)25(30)29-23(26(31)32)19-10-7-13-22(33-14-17-8-3-5-11-20(17)27)24(19)34-15-18-9-4-6-12-21(18)28/h4-14,17,25H,15-16H2,1-3H3,(H,30,32);3-13,16,23H,14-15H2,1-2H3,(H,29,30)(H,31,32). The number of hydrogen-bond acceptors (Lipinski definition) is 8. The number of carboxylic acids is 1. The minimum atomic E-state index is -1.33. The minimum Gasteiger partial charge on any atom is -0.485 e. The summed E-state index contributed by atoms with van der Waals surface area (Å²) in [7, 11) is 0. The number of Topliss-reactive ketones (excluding diaryl/α,β-unsaturated/α-hetero) is 1. The van der Waals surface area contributed by atoms with Crippen LogP contribution in [0.2, 0.25) is 20.1 Å². The van der Waals surface area contributed by atoms with Gasteiger partial charge in [0, 0.05) is 65.3 Å². The van der Waals surface area contributed by atoms with Crippen molar-refractivity contribution in [2.75, 3.05) is 0 Å². The molecule has 6 aromatic carbocycles. The summed E-state index contributed by atoms with van der Waals surface area (Å²) in [6.45, 7) is 8.91. The molecule has 0 radical (unpaired) electrons. The Bertz CT molecular complexity index is 2510. The highest BCUT2D eigenvalue weighted by molar-refractivity contribution is 6.32. The number of nitrogens with one attached hydrogen (secondary N) is 2. The van der Waals surface area contributed by atoms with Crippen LogP contribution in [0.4, 0.5) is 0 Å². The first-order valence-electron chi connectivity index (χ1n) is 21.6. The molecule has 68 heavy (non-hydrogen) atoms. The second kappa shape index (κ2) is 25.8. The predicted octanol–water partition coefficient (Wildman–Crippen LogP) is 12.6. The second-order valence-corrected chi connectivity index (χ2v) is 17.6. The first kappa shape index (κ1) is 52.7. The molecule has 0 bridgehead atoms. The molecule has 2 atom stereocenters. The quantitative estimate of drug-likeness (QED) is 0.0679. The maximum Gasteiger partial charge on any atom is 0.331 e. The van der Waals surface area contributed by atoms with Crippen LogP contribution in [0.5, 0.6) is 23.0 Å². The number of carbonyl (C=O) groups excluding carboxylic acids is 3. The Labute approximate surface area is 416 Å². The highest BCUT2D eigenvalue weighted by Crippen LogP contribution is 2.39. The zero-order chi connectivity index (χ0) is 49.3. The minimum absolute atomic E-state index is 0.0730. The lowest BCUT2D eigenvalue weighted by Gasteiger charge is -2.23. The number of hydrogen-bond donors (Lipinski definition) is 3. The lowest BCUT2D eigenvalue weighted by molar-refractivity contribution is -0.142. The number of ketones is 1. The van der Waals surface area contributed by atoms with Crippen molar-refractivity contribution in [2.45, 2.75) is 73.1 Å². The van der Waals surface area contributed by atoms with Gasteiger partial charge in [0.1, 0.15) is 32.5 Å². The maximum absolute atomic E-state index is 12.6. The van der Waals surface area contributed by atoms with E-state index in [2.05, 4.69) is 10.6 Å². The lowest BCUT2D eigenvalue weighted by Crippen LogP contribution is -2.36. The Morgan fingerprint density at radius 1 is 0.456 bits per heavy atom. The van der Waals surface area contributed by atoms with Crippen LogP contribution in [0.1, 0.15) is 80.1 Å². The molecule has 0 saturated heterocycles. The van der Waals surface area contributed by atoms with E-state index in [1.165, 1.54) is 6.92 Å². The molecule has 356 valence electrons. The van der Waals surface area contributed by atoms with E-state index < -0.39 is 29.9 Å². The highest BCUT2D eigenvalue weighted by Gasteiger charge is 2.29. The Kier molecular flexibility index (Phi) is 20.0. The summed E-state index contributed by atoms with van der Waals surface area (Å²) < 4.78 is 24.3. The molecule has 0 aliphatic rings. The molecule has 0 aliphatic carbocycles. The first-order chi connectivity index (χ1) is 32.5. The second-order valence-electron chi connectivity index (χ2n) is 16.0. The summed E-state index contributed by atoms with van der Waals surface area (Å²) in [5.41, 5.74) is 3.82. The van der Waals surface area contributed by atoms with Crippen molar-refractivity contribution in [3.63, 3.8) is 0 Å². The third-order valence-corrected chi connectivity index (χ3v) is 11.7. The Morgan fingerprint density at radius 3 is 1.07 bits per heavy atom. The molecule has 2 unspecified atom stereocenters. The number of rotatable bonds is 20. The van der Waals surface area contributed by atoms with Gasteiger partial charge < -0.3 is 34.7 Å². The highest BCUT2D eigenvalue weighted by atomic mass is 35.5. The van der Waals surface area contributed by atoms with Gasteiger partial charge in [0.25, 0.3) is 0 Å². The molecule has 3 N–H and O–H groups in total. The van der Waals surface area contributed by atoms with Crippen LogP contribution < -0.4 is 29.6 Å². The van der Waals surface area contributed by atoms with Crippen LogP contribution >= 0.6 is 46.4 Å². The monoisotopic (exact) mass is 1000 g/mol. The third kappa shape index (κ3) is 14.9. The van der Waals surface area contributed by atoms with Crippen LogP contribution in [0.25, 0.3) is 0 Å². The molecule has 0 aliphatic heterocycles. The van der Waals surface area contributed by atoms with E-state index in [1.807, 2.05) is 66.7 Å². The van der Waals surface area contributed by atoms with Gasteiger partial charge in [0.15, 0.2) is 34.8 Å². The molecular weight excluding hydrogens is 950 g/mol. The molecule has 0 fully saturated rings. The summed E-state index contributed by atoms with van der Waals surface area (Å²) in [4.78, 5) is 49.4. The number of carboxylic acid groups (broad SMARTS) is 1. The van der Waals surface area contributed by atoms with Crippen molar-refractivity contribution in [3.8, 4) is 23.0 Å². The molecule has 2 amide bonds. The number of aliphatic carboxylic acids is 1.